The van der Waals surface area contributed by atoms with Gasteiger partial charge in [-0.2, -0.15) is 0 Å². The summed E-state index contributed by atoms with van der Waals surface area (Å²) in [7, 11) is 0. The number of ketones is 1. The maximum Gasteiger partial charge on any atom is 0.165 e. The molecular formula is C21H26ClNO2. The number of carbonyl (C=O) groups is 1. The summed E-state index contributed by atoms with van der Waals surface area (Å²) in [6, 6.07) is 20.0. The predicted octanol–water partition coefficient (Wildman–Crippen LogP) is 4.27. The van der Waals surface area contributed by atoms with E-state index in [0.717, 1.165) is 13.1 Å². The van der Waals surface area contributed by atoms with E-state index in [1.165, 1.54) is 5.56 Å². The summed E-state index contributed by atoms with van der Waals surface area (Å²) in [5, 5.41) is 10.8. The lowest BCUT2D eigenvalue weighted by molar-refractivity contribution is -0.0303. The Morgan fingerprint density at radius 2 is 1.56 bits per heavy atom. The molecule has 1 fully saturated rings. The minimum absolute atomic E-state index is 0. The lowest BCUT2D eigenvalue weighted by Gasteiger charge is -2.40. The van der Waals surface area contributed by atoms with Gasteiger partial charge in [0.15, 0.2) is 5.78 Å². The molecule has 3 nitrogen and oxygen atoms in total. The van der Waals surface area contributed by atoms with E-state index in [1.807, 2.05) is 36.4 Å². The first kappa shape index (κ1) is 19.6. The Hall–Kier alpha value is -1.68. The van der Waals surface area contributed by atoms with Gasteiger partial charge >= 0.3 is 0 Å². The summed E-state index contributed by atoms with van der Waals surface area (Å²) in [4.78, 5) is 14.8. The minimum Gasteiger partial charge on any atom is -0.389 e. The molecule has 0 bridgehead atoms. The molecule has 0 amide bonds. The van der Waals surface area contributed by atoms with Crippen LogP contribution in [0, 0.1) is 0 Å². The highest BCUT2D eigenvalue weighted by Gasteiger charge is 2.35. The zero-order valence-electron chi connectivity index (χ0n) is 14.6. The van der Waals surface area contributed by atoms with Gasteiger partial charge in [0.25, 0.3) is 0 Å². The van der Waals surface area contributed by atoms with E-state index in [2.05, 4.69) is 36.1 Å². The van der Waals surface area contributed by atoms with Gasteiger partial charge in [0.05, 0.1) is 5.60 Å². The fourth-order valence-electron chi connectivity index (χ4n) is 3.47. The maximum absolute atomic E-state index is 12.4. The highest BCUT2D eigenvalue weighted by Crippen LogP contribution is 2.31. The van der Waals surface area contributed by atoms with Crippen LogP contribution in [0.25, 0.3) is 0 Å². The first-order chi connectivity index (χ1) is 11.6. The molecular weight excluding hydrogens is 334 g/mol. The number of piperidine rings is 1. The Kier molecular flexibility index (Phi) is 6.77. The van der Waals surface area contributed by atoms with Gasteiger partial charge in [-0.25, -0.2) is 0 Å². The second kappa shape index (κ2) is 8.61. The maximum atomic E-state index is 12.4. The molecule has 3 rings (SSSR count). The average molecular weight is 360 g/mol. The van der Waals surface area contributed by atoms with E-state index >= 15 is 0 Å². The second-order valence-corrected chi connectivity index (χ2v) is 6.81. The molecule has 1 saturated heterocycles. The van der Waals surface area contributed by atoms with Crippen molar-refractivity contribution in [2.75, 3.05) is 13.1 Å². The molecule has 1 aliphatic heterocycles. The van der Waals surface area contributed by atoms with E-state index in [9.17, 15) is 9.90 Å². The highest BCUT2D eigenvalue weighted by atomic mass is 35.5. The highest BCUT2D eigenvalue weighted by molar-refractivity contribution is 5.96. The van der Waals surface area contributed by atoms with Crippen molar-refractivity contribution >= 4 is 18.2 Å². The molecule has 0 aromatic heterocycles. The SMILES string of the molecule is C[C@H](c1ccccc1)N1CCC(O)(CC(=O)c2ccccc2)CC1.Cl. The molecule has 2 aromatic rings. The topological polar surface area (TPSA) is 40.5 Å². The summed E-state index contributed by atoms with van der Waals surface area (Å²) in [6.45, 7) is 3.83. The molecule has 1 aliphatic rings. The van der Waals surface area contributed by atoms with E-state index < -0.39 is 5.60 Å². The Morgan fingerprint density at radius 3 is 2.12 bits per heavy atom. The smallest absolute Gasteiger partial charge is 0.165 e. The molecule has 134 valence electrons. The molecule has 4 heteroatoms. The third kappa shape index (κ3) is 4.91. The molecule has 1 heterocycles. The van der Waals surface area contributed by atoms with Gasteiger partial charge < -0.3 is 5.11 Å². The minimum atomic E-state index is -0.875. The fourth-order valence-corrected chi connectivity index (χ4v) is 3.47. The zero-order valence-corrected chi connectivity index (χ0v) is 15.4. The van der Waals surface area contributed by atoms with Gasteiger partial charge in [0, 0.05) is 31.1 Å². The second-order valence-electron chi connectivity index (χ2n) is 6.81. The molecule has 0 saturated carbocycles. The third-order valence-electron chi connectivity index (χ3n) is 5.14. The molecule has 0 aliphatic carbocycles. The molecule has 0 radical (unpaired) electrons. The van der Waals surface area contributed by atoms with Crippen molar-refractivity contribution in [3.8, 4) is 0 Å². The fraction of sp³-hybridized carbons (Fsp3) is 0.381. The van der Waals surface area contributed by atoms with Gasteiger partial charge in [-0.15, -0.1) is 12.4 Å². The van der Waals surface area contributed by atoms with Crippen molar-refractivity contribution in [3.63, 3.8) is 0 Å². The van der Waals surface area contributed by atoms with Gasteiger partial charge in [-0.05, 0) is 25.3 Å². The van der Waals surface area contributed by atoms with Crippen molar-refractivity contribution in [1.82, 2.24) is 4.90 Å². The monoisotopic (exact) mass is 359 g/mol. The van der Waals surface area contributed by atoms with E-state index in [-0.39, 0.29) is 24.6 Å². The summed E-state index contributed by atoms with van der Waals surface area (Å²) < 4.78 is 0. The number of nitrogens with zero attached hydrogens (tertiary/aromatic N) is 1. The Bertz CT molecular complexity index is 667. The Labute approximate surface area is 156 Å². The van der Waals surface area contributed by atoms with E-state index in [4.69, 9.17) is 0 Å². The van der Waals surface area contributed by atoms with E-state index in [1.54, 1.807) is 0 Å². The average Bonchev–Trinajstić information content (AvgIpc) is 2.63. The molecule has 1 atom stereocenters. The number of likely N-dealkylation sites (tertiary alicyclic amines) is 1. The standard InChI is InChI=1S/C21H25NO2.ClH/c1-17(18-8-4-2-5-9-18)22-14-12-21(24,13-15-22)16-20(23)19-10-6-3-7-11-19;/h2-11,17,24H,12-16H2,1H3;1H/t17-;/m1./s1. The summed E-state index contributed by atoms with van der Waals surface area (Å²) in [6.07, 6.45) is 1.50. The van der Waals surface area contributed by atoms with Crippen LogP contribution in [-0.2, 0) is 0 Å². The van der Waals surface area contributed by atoms with Gasteiger partial charge in [-0.3, -0.25) is 9.69 Å². The molecule has 0 unspecified atom stereocenters. The first-order valence-electron chi connectivity index (χ1n) is 8.67. The van der Waals surface area contributed by atoms with Crippen LogP contribution < -0.4 is 0 Å². The lowest BCUT2D eigenvalue weighted by Crippen LogP contribution is -2.46. The number of rotatable bonds is 5. The Morgan fingerprint density at radius 1 is 1.04 bits per heavy atom. The first-order valence-corrected chi connectivity index (χ1v) is 8.67. The Balaban J connectivity index is 0.00000225. The van der Waals surface area contributed by atoms with Crippen LogP contribution in [-0.4, -0.2) is 34.5 Å². The van der Waals surface area contributed by atoms with Gasteiger partial charge in [-0.1, -0.05) is 60.7 Å². The van der Waals surface area contributed by atoms with Crippen molar-refractivity contribution < 1.29 is 9.90 Å². The number of hydrogen-bond donors (Lipinski definition) is 1. The normalized spacial score (nSPS) is 18.2. The van der Waals surface area contributed by atoms with Crippen LogP contribution in [0.5, 0.6) is 0 Å². The van der Waals surface area contributed by atoms with Crippen LogP contribution in [0.4, 0.5) is 0 Å². The van der Waals surface area contributed by atoms with Crippen molar-refractivity contribution in [2.24, 2.45) is 0 Å². The van der Waals surface area contributed by atoms with Crippen LogP contribution in [0.3, 0.4) is 0 Å². The zero-order chi connectivity index (χ0) is 17.0. The number of Topliss-reactive ketones (excluding diaryl/α,β-unsaturated/α-hetero) is 1. The van der Waals surface area contributed by atoms with Crippen LogP contribution in [0.2, 0.25) is 0 Å². The molecule has 0 spiro atoms. The van der Waals surface area contributed by atoms with Crippen molar-refractivity contribution in [3.05, 3.63) is 71.8 Å². The van der Waals surface area contributed by atoms with Crippen molar-refractivity contribution in [1.29, 1.82) is 0 Å². The van der Waals surface area contributed by atoms with Gasteiger partial charge in [0.2, 0.25) is 0 Å². The number of hydrogen-bond acceptors (Lipinski definition) is 3. The number of carbonyl (C=O) groups excluding carboxylic acids is 1. The molecule has 25 heavy (non-hydrogen) atoms. The number of aliphatic hydroxyl groups is 1. The third-order valence-corrected chi connectivity index (χ3v) is 5.14. The molecule has 2 aromatic carbocycles. The summed E-state index contributed by atoms with van der Waals surface area (Å²) in [5.41, 5.74) is 1.11. The number of benzene rings is 2. The van der Waals surface area contributed by atoms with Crippen molar-refractivity contribution in [2.45, 2.75) is 37.8 Å². The van der Waals surface area contributed by atoms with E-state index in [0.29, 0.717) is 24.4 Å². The van der Waals surface area contributed by atoms with Crippen LogP contribution in [0.1, 0.15) is 48.1 Å². The lowest BCUT2D eigenvalue weighted by atomic mass is 9.84. The quantitative estimate of drug-likeness (QED) is 0.810. The molecule has 1 N–H and O–H groups in total. The number of halogens is 1. The predicted molar refractivity (Wildman–Crippen MR) is 103 cm³/mol. The van der Waals surface area contributed by atoms with Crippen LogP contribution in [0.15, 0.2) is 60.7 Å². The summed E-state index contributed by atoms with van der Waals surface area (Å²) >= 11 is 0. The van der Waals surface area contributed by atoms with Gasteiger partial charge in [0.1, 0.15) is 0 Å². The summed E-state index contributed by atoms with van der Waals surface area (Å²) in [5.74, 6) is 0.0302. The largest absolute Gasteiger partial charge is 0.389 e. The van der Waals surface area contributed by atoms with Crippen LogP contribution >= 0.6 is 12.4 Å².